The molecule has 0 aliphatic heterocycles. The number of rotatable bonds is 5. The van der Waals surface area contributed by atoms with Crippen molar-refractivity contribution in [2.75, 3.05) is 17.2 Å². The second-order valence-corrected chi connectivity index (χ2v) is 4.35. The Bertz CT molecular complexity index is 713. The van der Waals surface area contributed by atoms with Gasteiger partial charge in [0.1, 0.15) is 12.1 Å². The molecule has 8 heteroatoms. The van der Waals surface area contributed by atoms with Crippen molar-refractivity contribution in [3.63, 3.8) is 0 Å². The molecule has 0 radical (unpaired) electrons. The predicted molar refractivity (Wildman–Crippen MR) is 75.5 cm³/mol. The fraction of sp³-hybridized carbons (Fsp3) is 0.333. The van der Waals surface area contributed by atoms with Crippen LogP contribution in [0.4, 0.5) is 11.6 Å². The van der Waals surface area contributed by atoms with Gasteiger partial charge in [0.15, 0.2) is 17.3 Å². The maximum Gasteiger partial charge on any atom is 0.180 e. The van der Waals surface area contributed by atoms with Gasteiger partial charge in [-0.15, -0.1) is 0 Å². The van der Waals surface area contributed by atoms with Crippen molar-refractivity contribution < 1.29 is 0 Å². The summed E-state index contributed by atoms with van der Waals surface area (Å²) in [6.45, 7) is 3.35. The van der Waals surface area contributed by atoms with Crippen LogP contribution in [0.3, 0.4) is 0 Å². The summed E-state index contributed by atoms with van der Waals surface area (Å²) < 4.78 is 3.60. The van der Waals surface area contributed by atoms with Gasteiger partial charge in [0.2, 0.25) is 0 Å². The van der Waals surface area contributed by atoms with E-state index in [9.17, 15) is 0 Å². The fourth-order valence-corrected chi connectivity index (χ4v) is 1.94. The van der Waals surface area contributed by atoms with Gasteiger partial charge in [0.05, 0.1) is 12.7 Å². The maximum absolute atomic E-state index is 4.52. The van der Waals surface area contributed by atoms with E-state index >= 15 is 0 Å². The summed E-state index contributed by atoms with van der Waals surface area (Å²) in [4.78, 5) is 13.0. The lowest BCUT2D eigenvalue weighted by atomic mass is 10.5. The lowest BCUT2D eigenvalue weighted by molar-refractivity contribution is 0.747. The molecule has 0 saturated heterocycles. The molecule has 3 heterocycles. The van der Waals surface area contributed by atoms with Crippen LogP contribution in [0.5, 0.6) is 0 Å². The third-order valence-corrected chi connectivity index (χ3v) is 2.79. The summed E-state index contributed by atoms with van der Waals surface area (Å²) in [5.41, 5.74) is 0.780. The zero-order valence-corrected chi connectivity index (χ0v) is 11.4. The van der Waals surface area contributed by atoms with Gasteiger partial charge in [-0.05, 0) is 6.92 Å². The largest absolute Gasteiger partial charge is 0.369 e. The van der Waals surface area contributed by atoms with Crippen molar-refractivity contribution in [2.24, 2.45) is 7.05 Å². The van der Waals surface area contributed by atoms with Gasteiger partial charge >= 0.3 is 0 Å². The number of hydrogen-bond acceptors (Lipinski definition) is 6. The quantitative estimate of drug-likeness (QED) is 0.718. The Morgan fingerprint density at radius 2 is 2.15 bits per heavy atom. The van der Waals surface area contributed by atoms with Crippen LogP contribution in [0, 0.1) is 0 Å². The first-order chi connectivity index (χ1) is 9.76. The second-order valence-electron chi connectivity index (χ2n) is 4.35. The number of aromatic nitrogens is 6. The van der Waals surface area contributed by atoms with E-state index in [-0.39, 0.29) is 0 Å². The van der Waals surface area contributed by atoms with E-state index < -0.39 is 0 Å². The topological polar surface area (TPSA) is 85.0 Å². The molecule has 3 rings (SSSR count). The smallest absolute Gasteiger partial charge is 0.180 e. The molecule has 0 spiro atoms. The van der Waals surface area contributed by atoms with Crippen molar-refractivity contribution in [2.45, 2.75) is 13.5 Å². The van der Waals surface area contributed by atoms with E-state index in [2.05, 4.69) is 30.7 Å². The van der Waals surface area contributed by atoms with Gasteiger partial charge in [0, 0.05) is 26.0 Å². The number of imidazole rings is 1. The van der Waals surface area contributed by atoms with E-state index in [1.807, 2.05) is 30.8 Å². The zero-order chi connectivity index (χ0) is 13.9. The highest BCUT2D eigenvalue weighted by molar-refractivity contribution is 5.65. The highest BCUT2D eigenvalue weighted by atomic mass is 15.3. The Balaban J connectivity index is 1.87. The summed E-state index contributed by atoms with van der Waals surface area (Å²) in [5.74, 6) is 2.23. The molecule has 3 aromatic heterocycles. The van der Waals surface area contributed by atoms with Gasteiger partial charge < -0.3 is 15.0 Å². The lowest BCUT2D eigenvalue weighted by Crippen LogP contribution is -2.08. The van der Waals surface area contributed by atoms with Crippen LogP contribution >= 0.6 is 0 Å². The minimum Gasteiger partial charge on any atom is -0.369 e. The molecule has 0 fully saturated rings. The molecule has 20 heavy (non-hydrogen) atoms. The average molecular weight is 272 g/mol. The molecule has 0 saturated carbocycles. The first kappa shape index (κ1) is 12.4. The summed E-state index contributed by atoms with van der Waals surface area (Å²) >= 11 is 0. The van der Waals surface area contributed by atoms with Gasteiger partial charge in [0.25, 0.3) is 0 Å². The highest BCUT2D eigenvalue weighted by Crippen LogP contribution is 2.16. The van der Waals surface area contributed by atoms with E-state index in [0.717, 1.165) is 18.0 Å². The third-order valence-electron chi connectivity index (χ3n) is 2.79. The SMILES string of the molecule is CCNc1cn2ccnc2c(NCc2ncn(C)n2)n1. The van der Waals surface area contributed by atoms with Gasteiger partial charge in [-0.25, -0.2) is 15.0 Å². The molecule has 0 amide bonds. The highest BCUT2D eigenvalue weighted by Gasteiger charge is 2.08. The molecule has 0 bridgehead atoms. The van der Waals surface area contributed by atoms with Crippen LogP contribution in [0.2, 0.25) is 0 Å². The summed E-state index contributed by atoms with van der Waals surface area (Å²) in [5, 5.41) is 10.7. The van der Waals surface area contributed by atoms with Crippen LogP contribution in [0.15, 0.2) is 24.9 Å². The number of fused-ring (bicyclic) bond motifs is 1. The number of nitrogens with one attached hydrogen (secondary N) is 2. The maximum atomic E-state index is 4.52. The molecular weight excluding hydrogens is 256 g/mol. The zero-order valence-electron chi connectivity index (χ0n) is 11.4. The molecule has 8 nitrogen and oxygen atoms in total. The molecule has 2 N–H and O–H groups in total. The molecule has 3 aromatic rings. The van der Waals surface area contributed by atoms with Crippen LogP contribution in [-0.4, -0.2) is 35.7 Å². The minimum absolute atomic E-state index is 0.506. The second kappa shape index (κ2) is 5.16. The van der Waals surface area contributed by atoms with Crippen LogP contribution in [-0.2, 0) is 13.6 Å². The molecule has 0 aliphatic carbocycles. The Labute approximate surface area is 115 Å². The molecule has 0 aliphatic rings. The summed E-state index contributed by atoms with van der Waals surface area (Å²) in [7, 11) is 1.84. The third kappa shape index (κ3) is 2.40. The Hall–Kier alpha value is -2.64. The van der Waals surface area contributed by atoms with E-state index in [0.29, 0.717) is 18.2 Å². The van der Waals surface area contributed by atoms with Crippen molar-refractivity contribution in [3.05, 3.63) is 30.7 Å². The number of nitrogens with zero attached hydrogens (tertiary/aromatic N) is 6. The predicted octanol–water partition coefficient (Wildman–Crippen LogP) is 0.902. The van der Waals surface area contributed by atoms with Crippen molar-refractivity contribution in [1.29, 1.82) is 0 Å². The molecular formula is C12H16N8. The van der Waals surface area contributed by atoms with Crippen molar-refractivity contribution >= 4 is 17.3 Å². The monoisotopic (exact) mass is 272 g/mol. The lowest BCUT2D eigenvalue weighted by Gasteiger charge is -2.09. The van der Waals surface area contributed by atoms with E-state index in [1.54, 1.807) is 17.2 Å². The molecule has 0 aromatic carbocycles. The van der Waals surface area contributed by atoms with E-state index in [1.165, 1.54) is 0 Å². The van der Waals surface area contributed by atoms with Crippen LogP contribution < -0.4 is 10.6 Å². The fourth-order valence-electron chi connectivity index (χ4n) is 1.94. The Morgan fingerprint density at radius 1 is 1.25 bits per heavy atom. The summed E-state index contributed by atoms with van der Waals surface area (Å²) in [6.07, 6.45) is 7.22. The Morgan fingerprint density at radius 3 is 2.90 bits per heavy atom. The Kier molecular flexibility index (Phi) is 3.20. The van der Waals surface area contributed by atoms with Gasteiger partial charge in [-0.3, -0.25) is 4.68 Å². The number of anilines is 2. The first-order valence-corrected chi connectivity index (χ1v) is 6.42. The first-order valence-electron chi connectivity index (χ1n) is 6.42. The summed E-state index contributed by atoms with van der Waals surface area (Å²) in [6, 6.07) is 0. The normalized spacial score (nSPS) is 10.9. The molecule has 104 valence electrons. The van der Waals surface area contributed by atoms with Crippen molar-refractivity contribution in [3.8, 4) is 0 Å². The standard InChI is InChI=1S/C12H16N8/c1-3-13-10-7-20-5-4-14-12(20)11(17-10)15-6-9-16-8-19(2)18-9/h4-5,7-8,13H,3,6H2,1-2H3,(H,15,17). The molecule has 0 atom stereocenters. The van der Waals surface area contributed by atoms with Gasteiger partial charge in [-0.2, -0.15) is 5.10 Å². The van der Waals surface area contributed by atoms with Crippen LogP contribution in [0.25, 0.3) is 5.65 Å². The number of aryl methyl sites for hydroxylation is 1. The average Bonchev–Trinajstić information content (AvgIpc) is 3.05. The van der Waals surface area contributed by atoms with Crippen LogP contribution in [0.1, 0.15) is 12.7 Å². The molecule has 0 unspecified atom stereocenters. The van der Waals surface area contributed by atoms with Gasteiger partial charge in [-0.1, -0.05) is 0 Å². The number of hydrogen-bond donors (Lipinski definition) is 2. The minimum atomic E-state index is 0.506. The van der Waals surface area contributed by atoms with Crippen molar-refractivity contribution in [1.82, 2.24) is 29.1 Å². The van der Waals surface area contributed by atoms with E-state index in [4.69, 9.17) is 0 Å².